The fourth-order valence-corrected chi connectivity index (χ4v) is 1.92. The van der Waals surface area contributed by atoms with Crippen LogP contribution in [-0.2, 0) is 12.8 Å². The quantitative estimate of drug-likeness (QED) is 0.659. The average molecular weight is 320 g/mol. The molecule has 0 aromatic heterocycles. The first kappa shape index (κ1) is 15.4. The molecule has 0 unspecified atom stereocenters. The Morgan fingerprint density at radius 3 is 2.38 bits per heavy atom. The van der Waals surface area contributed by atoms with E-state index in [0.717, 1.165) is 12.1 Å². The first-order chi connectivity index (χ1) is 9.77. The highest BCUT2D eigenvalue weighted by Crippen LogP contribution is 2.32. The van der Waals surface area contributed by atoms with E-state index >= 15 is 0 Å². The molecule has 2 rings (SSSR count). The van der Waals surface area contributed by atoms with Gasteiger partial charge < -0.3 is 10.5 Å². The van der Waals surface area contributed by atoms with Crippen LogP contribution in [0.4, 0.5) is 23.2 Å². The zero-order chi connectivity index (χ0) is 15.6. The third kappa shape index (κ3) is 3.78. The fraction of sp³-hybridized carbons (Fsp3) is 0.143. The third-order valence-electron chi connectivity index (χ3n) is 2.69. The van der Waals surface area contributed by atoms with Gasteiger partial charge in [0, 0.05) is 5.69 Å². The molecule has 2 nitrogen and oxygen atoms in total. The summed E-state index contributed by atoms with van der Waals surface area (Å²) in [7, 11) is 0. The number of hydrogen-bond donors (Lipinski definition) is 1. The van der Waals surface area contributed by atoms with Crippen LogP contribution in [0.2, 0.25) is 5.02 Å². The molecule has 0 aliphatic rings. The molecule has 0 aliphatic carbocycles. The molecule has 0 bridgehead atoms. The maximum Gasteiger partial charge on any atom is 0.419 e. The number of nitrogen functional groups attached to an aromatic ring is 1. The van der Waals surface area contributed by atoms with Crippen LogP contribution in [-0.4, -0.2) is 0 Å². The second-order valence-electron chi connectivity index (χ2n) is 4.29. The van der Waals surface area contributed by atoms with Crippen LogP contribution in [0.15, 0.2) is 36.4 Å². The van der Waals surface area contributed by atoms with Crippen LogP contribution in [0.5, 0.6) is 5.75 Å². The molecule has 0 fully saturated rings. The molecule has 0 amide bonds. The number of anilines is 1. The summed E-state index contributed by atoms with van der Waals surface area (Å²) in [6, 6.07) is 7.18. The lowest BCUT2D eigenvalue weighted by Gasteiger charge is -2.11. The lowest BCUT2D eigenvalue weighted by atomic mass is 10.1. The molecule has 0 heterocycles. The molecule has 0 spiro atoms. The number of nitrogens with two attached hydrogens (primary N) is 1. The van der Waals surface area contributed by atoms with Crippen LogP contribution in [0.3, 0.4) is 0 Å². The maximum absolute atomic E-state index is 13.4. The van der Waals surface area contributed by atoms with E-state index in [-0.39, 0.29) is 17.2 Å². The van der Waals surface area contributed by atoms with E-state index in [1.807, 2.05) is 0 Å². The van der Waals surface area contributed by atoms with Crippen molar-refractivity contribution in [1.82, 2.24) is 0 Å². The lowest BCUT2D eigenvalue weighted by molar-refractivity contribution is -0.140. The van der Waals surface area contributed by atoms with Gasteiger partial charge in [-0.15, -0.1) is 0 Å². The first-order valence-corrected chi connectivity index (χ1v) is 6.18. The summed E-state index contributed by atoms with van der Waals surface area (Å²) in [5, 5.41) is 0.266. The van der Waals surface area contributed by atoms with E-state index in [2.05, 4.69) is 0 Å². The molecule has 0 radical (unpaired) electrons. The number of hydrogen-bond acceptors (Lipinski definition) is 2. The highest BCUT2D eigenvalue weighted by atomic mass is 35.5. The molecule has 0 aliphatic heterocycles. The van der Waals surface area contributed by atoms with Crippen LogP contribution >= 0.6 is 11.6 Å². The van der Waals surface area contributed by atoms with E-state index in [1.165, 1.54) is 12.1 Å². The molecule has 2 aromatic rings. The van der Waals surface area contributed by atoms with Crippen molar-refractivity contribution in [3.05, 3.63) is 58.4 Å². The maximum atomic E-state index is 13.4. The Morgan fingerprint density at radius 1 is 1.10 bits per heavy atom. The van der Waals surface area contributed by atoms with E-state index < -0.39 is 17.6 Å². The van der Waals surface area contributed by atoms with Gasteiger partial charge in [-0.2, -0.15) is 13.2 Å². The molecule has 0 saturated heterocycles. The van der Waals surface area contributed by atoms with Crippen LogP contribution < -0.4 is 10.5 Å². The third-order valence-corrected chi connectivity index (χ3v) is 2.98. The molecule has 7 heteroatoms. The smallest absolute Gasteiger partial charge is 0.419 e. The van der Waals surface area contributed by atoms with Crippen molar-refractivity contribution >= 4 is 17.3 Å². The second kappa shape index (κ2) is 5.81. The van der Waals surface area contributed by atoms with E-state index in [0.29, 0.717) is 17.5 Å². The minimum Gasteiger partial charge on any atom is -0.487 e. The number of benzene rings is 2. The standard InChI is InChI=1S/C14H10ClF4NO/c15-11-6-9(20)2-4-13(11)21-7-8-1-3-10(12(16)5-8)14(17,18)19/h1-6H,7,20H2. The monoisotopic (exact) mass is 319 g/mol. The highest BCUT2D eigenvalue weighted by molar-refractivity contribution is 6.32. The van der Waals surface area contributed by atoms with Gasteiger partial charge in [-0.05, 0) is 35.9 Å². The largest absolute Gasteiger partial charge is 0.487 e. The molecular formula is C14H10ClF4NO. The predicted octanol–water partition coefficient (Wildman–Crippen LogP) is 4.66. The van der Waals surface area contributed by atoms with E-state index in [4.69, 9.17) is 22.1 Å². The van der Waals surface area contributed by atoms with Crippen LogP contribution in [0.25, 0.3) is 0 Å². The van der Waals surface area contributed by atoms with E-state index in [9.17, 15) is 17.6 Å². The van der Waals surface area contributed by atoms with Crippen LogP contribution in [0, 0.1) is 5.82 Å². The Kier molecular flexibility index (Phi) is 4.27. The zero-order valence-electron chi connectivity index (χ0n) is 10.5. The summed E-state index contributed by atoms with van der Waals surface area (Å²) < 4.78 is 56.0. The fourth-order valence-electron chi connectivity index (χ4n) is 1.67. The molecular weight excluding hydrogens is 310 g/mol. The summed E-state index contributed by atoms with van der Waals surface area (Å²) in [6.07, 6.45) is -4.72. The zero-order valence-corrected chi connectivity index (χ0v) is 11.3. The highest BCUT2D eigenvalue weighted by Gasteiger charge is 2.33. The first-order valence-electron chi connectivity index (χ1n) is 5.81. The van der Waals surface area contributed by atoms with Crippen molar-refractivity contribution in [2.24, 2.45) is 0 Å². The molecule has 2 aromatic carbocycles. The normalized spacial score (nSPS) is 11.5. The van der Waals surface area contributed by atoms with E-state index in [1.54, 1.807) is 6.07 Å². The average Bonchev–Trinajstić information content (AvgIpc) is 2.36. The van der Waals surface area contributed by atoms with Crippen molar-refractivity contribution in [1.29, 1.82) is 0 Å². The van der Waals surface area contributed by atoms with Gasteiger partial charge in [0.25, 0.3) is 0 Å². The molecule has 21 heavy (non-hydrogen) atoms. The lowest BCUT2D eigenvalue weighted by Crippen LogP contribution is -2.08. The minimum atomic E-state index is -4.72. The summed E-state index contributed by atoms with van der Waals surface area (Å²) in [6.45, 7) is -0.112. The number of halogens is 5. The minimum absolute atomic E-state index is 0.112. The summed E-state index contributed by atoms with van der Waals surface area (Å²) in [5.41, 5.74) is 4.92. The summed E-state index contributed by atoms with van der Waals surface area (Å²) >= 11 is 5.88. The Morgan fingerprint density at radius 2 is 1.81 bits per heavy atom. The van der Waals surface area contributed by atoms with Gasteiger partial charge in [0.05, 0.1) is 10.6 Å². The van der Waals surface area contributed by atoms with Gasteiger partial charge in [0.15, 0.2) is 0 Å². The van der Waals surface area contributed by atoms with Crippen molar-refractivity contribution in [2.45, 2.75) is 12.8 Å². The Balaban J connectivity index is 2.12. The van der Waals surface area contributed by atoms with Gasteiger partial charge in [0.1, 0.15) is 18.2 Å². The van der Waals surface area contributed by atoms with Crippen molar-refractivity contribution in [3.8, 4) is 5.75 Å². The summed E-state index contributed by atoms with van der Waals surface area (Å²) in [4.78, 5) is 0. The van der Waals surface area contributed by atoms with Gasteiger partial charge >= 0.3 is 6.18 Å². The molecule has 2 N–H and O–H groups in total. The van der Waals surface area contributed by atoms with Gasteiger partial charge in [-0.3, -0.25) is 0 Å². The van der Waals surface area contributed by atoms with Crippen LogP contribution in [0.1, 0.15) is 11.1 Å². The second-order valence-corrected chi connectivity index (χ2v) is 4.70. The van der Waals surface area contributed by atoms with Crippen molar-refractivity contribution in [2.75, 3.05) is 5.73 Å². The molecule has 0 atom stereocenters. The van der Waals surface area contributed by atoms with Gasteiger partial charge in [0.2, 0.25) is 0 Å². The van der Waals surface area contributed by atoms with Crippen molar-refractivity contribution < 1.29 is 22.3 Å². The number of rotatable bonds is 3. The topological polar surface area (TPSA) is 35.2 Å². The Labute approximate surface area is 123 Å². The Hall–Kier alpha value is -1.95. The number of ether oxygens (including phenoxy) is 1. The van der Waals surface area contributed by atoms with Gasteiger partial charge in [-0.1, -0.05) is 17.7 Å². The Bertz CT molecular complexity index is 658. The summed E-state index contributed by atoms with van der Waals surface area (Å²) in [5.74, 6) is -1.03. The predicted molar refractivity (Wildman–Crippen MR) is 71.6 cm³/mol. The number of alkyl halides is 3. The van der Waals surface area contributed by atoms with Gasteiger partial charge in [-0.25, -0.2) is 4.39 Å². The molecule has 0 saturated carbocycles. The van der Waals surface area contributed by atoms with Crippen molar-refractivity contribution in [3.63, 3.8) is 0 Å². The SMILES string of the molecule is Nc1ccc(OCc2ccc(C(F)(F)F)c(F)c2)c(Cl)c1. The molecule has 112 valence electrons.